The molecule has 2 aromatic carbocycles. The number of hydrogen-bond donors (Lipinski definition) is 1. The zero-order chi connectivity index (χ0) is 17.1. The van der Waals surface area contributed by atoms with Gasteiger partial charge in [-0.3, -0.25) is 4.79 Å². The molecule has 1 aromatic heterocycles. The summed E-state index contributed by atoms with van der Waals surface area (Å²) in [6, 6.07) is 11.6. The SMILES string of the molecule is N#Cc1ccccc1NC(=O)c1ncn(-c2ccc(F)c(F)c2)n1. The molecule has 3 aromatic rings. The van der Waals surface area contributed by atoms with Crippen LogP contribution in [0.3, 0.4) is 0 Å². The second-order valence-corrected chi connectivity index (χ2v) is 4.72. The van der Waals surface area contributed by atoms with E-state index in [-0.39, 0.29) is 11.5 Å². The van der Waals surface area contributed by atoms with Crippen LogP contribution in [0, 0.1) is 23.0 Å². The molecule has 1 N–H and O–H groups in total. The van der Waals surface area contributed by atoms with Crippen LogP contribution >= 0.6 is 0 Å². The molecule has 8 heteroatoms. The van der Waals surface area contributed by atoms with Crippen LogP contribution in [0.5, 0.6) is 0 Å². The van der Waals surface area contributed by atoms with E-state index < -0.39 is 17.5 Å². The van der Waals surface area contributed by atoms with Crippen LogP contribution in [0.15, 0.2) is 48.8 Å². The van der Waals surface area contributed by atoms with Crippen LogP contribution in [0.25, 0.3) is 5.69 Å². The number of aromatic nitrogens is 3. The summed E-state index contributed by atoms with van der Waals surface area (Å²) in [6.45, 7) is 0. The Kier molecular flexibility index (Phi) is 3.99. The summed E-state index contributed by atoms with van der Waals surface area (Å²) < 4.78 is 27.4. The van der Waals surface area contributed by atoms with Gasteiger partial charge >= 0.3 is 0 Å². The fourth-order valence-electron chi connectivity index (χ4n) is 1.99. The number of hydrogen-bond acceptors (Lipinski definition) is 4. The topological polar surface area (TPSA) is 83.6 Å². The molecule has 0 fully saturated rings. The summed E-state index contributed by atoms with van der Waals surface area (Å²) in [5.74, 6) is -2.81. The summed E-state index contributed by atoms with van der Waals surface area (Å²) >= 11 is 0. The number of nitrogens with zero attached hydrogens (tertiary/aromatic N) is 4. The van der Waals surface area contributed by atoms with Crippen LogP contribution in [0.1, 0.15) is 16.2 Å². The molecule has 0 aliphatic rings. The highest BCUT2D eigenvalue weighted by molar-refractivity contribution is 6.02. The van der Waals surface area contributed by atoms with Crippen molar-refractivity contribution in [3.05, 3.63) is 71.8 Å². The Bertz CT molecular complexity index is 961. The maximum atomic E-state index is 13.3. The van der Waals surface area contributed by atoms with Crippen LogP contribution < -0.4 is 5.32 Å². The van der Waals surface area contributed by atoms with Crippen molar-refractivity contribution in [1.82, 2.24) is 14.8 Å². The van der Waals surface area contributed by atoms with E-state index >= 15 is 0 Å². The van der Waals surface area contributed by atoms with Crippen molar-refractivity contribution < 1.29 is 13.6 Å². The Morgan fingerprint density at radius 2 is 1.96 bits per heavy atom. The highest BCUT2D eigenvalue weighted by atomic mass is 19.2. The van der Waals surface area contributed by atoms with Gasteiger partial charge in [0.2, 0.25) is 5.82 Å². The average molecular weight is 325 g/mol. The predicted octanol–water partition coefficient (Wildman–Crippen LogP) is 2.67. The second-order valence-electron chi connectivity index (χ2n) is 4.72. The first kappa shape index (κ1) is 15.3. The van der Waals surface area contributed by atoms with Gasteiger partial charge in [0.15, 0.2) is 11.6 Å². The lowest BCUT2D eigenvalue weighted by atomic mass is 10.2. The highest BCUT2D eigenvalue weighted by Gasteiger charge is 2.14. The van der Waals surface area contributed by atoms with Crippen molar-refractivity contribution in [3.8, 4) is 11.8 Å². The monoisotopic (exact) mass is 325 g/mol. The molecule has 0 saturated carbocycles. The number of carbonyl (C=O) groups is 1. The first-order chi connectivity index (χ1) is 11.6. The minimum atomic E-state index is -1.03. The third kappa shape index (κ3) is 2.96. The largest absolute Gasteiger partial charge is 0.318 e. The number of anilines is 1. The van der Waals surface area contributed by atoms with E-state index in [0.29, 0.717) is 11.3 Å². The van der Waals surface area contributed by atoms with Gasteiger partial charge in [0.1, 0.15) is 12.4 Å². The van der Waals surface area contributed by atoms with Crippen molar-refractivity contribution in [3.63, 3.8) is 0 Å². The first-order valence-electron chi connectivity index (χ1n) is 6.76. The molecule has 1 amide bonds. The molecular weight excluding hydrogens is 316 g/mol. The van der Waals surface area contributed by atoms with Gasteiger partial charge in [0.05, 0.1) is 16.9 Å². The molecule has 0 bridgehead atoms. The van der Waals surface area contributed by atoms with Gasteiger partial charge in [-0.25, -0.2) is 18.4 Å². The summed E-state index contributed by atoms with van der Waals surface area (Å²) in [5, 5.41) is 15.5. The van der Waals surface area contributed by atoms with Gasteiger partial charge in [-0.2, -0.15) is 5.26 Å². The molecule has 0 saturated heterocycles. The highest BCUT2D eigenvalue weighted by Crippen LogP contribution is 2.15. The first-order valence-corrected chi connectivity index (χ1v) is 6.76. The Hall–Kier alpha value is -3.60. The summed E-state index contributed by atoms with van der Waals surface area (Å²) in [7, 11) is 0. The number of nitriles is 1. The molecule has 0 spiro atoms. The van der Waals surface area contributed by atoms with Gasteiger partial charge in [0, 0.05) is 6.07 Å². The molecule has 6 nitrogen and oxygen atoms in total. The van der Waals surface area contributed by atoms with Crippen LogP contribution in [-0.2, 0) is 0 Å². The van der Waals surface area contributed by atoms with E-state index in [1.54, 1.807) is 24.3 Å². The third-order valence-corrected chi connectivity index (χ3v) is 3.16. The van der Waals surface area contributed by atoms with Crippen LogP contribution in [0.2, 0.25) is 0 Å². The van der Waals surface area contributed by atoms with Gasteiger partial charge < -0.3 is 5.32 Å². The van der Waals surface area contributed by atoms with Crippen LogP contribution in [-0.4, -0.2) is 20.7 Å². The minimum absolute atomic E-state index is 0.174. The molecule has 0 unspecified atom stereocenters. The molecule has 0 radical (unpaired) electrons. The number of halogens is 2. The maximum absolute atomic E-state index is 13.3. The van der Waals surface area contributed by atoms with Crippen molar-refractivity contribution >= 4 is 11.6 Å². The van der Waals surface area contributed by atoms with Gasteiger partial charge in [-0.1, -0.05) is 12.1 Å². The van der Waals surface area contributed by atoms with E-state index in [9.17, 15) is 13.6 Å². The molecule has 3 rings (SSSR count). The lowest BCUT2D eigenvalue weighted by Gasteiger charge is -2.04. The van der Waals surface area contributed by atoms with Gasteiger partial charge in [0.25, 0.3) is 5.91 Å². The maximum Gasteiger partial charge on any atom is 0.295 e. The van der Waals surface area contributed by atoms with E-state index in [2.05, 4.69) is 15.4 Å². The third-order valence-electron chi connectivity index (χ3n) is 3.16. The zero-order valence-corrected chi connectivity index (χ0v) is 12.1. The smallest absolute Gasteiger partial charge is 0.295 e. The number of rotatable bonds is 3. The lowest BCUT2D eigenvalue weighted by Crippen LogP contribution is -2.15. The normalized spacial score (nSPS) is 10.2. The van der Waals surface area contributed by atoms with Gasteiger partial charge in [-0.05, 0) is 24.3 Å². The Morgan fingerprint density at radius 3 is 2.71 bits per heavy atom. The fraction of sp³-hybridized carbons (Fsp3) is 0. The van der Waals surface area contributed by atoms with Crippen molar-refractivity contribution in [1.29, 1.82) is 5.26 Å². The number of carbonyl (C=O) groups excluding carboxylic acids is 1. The van der Waals surface area contributed by atoms with Crippen molar-refractivity contribution in [2.24, 2.45) is 0 Å². The van der Waals surface area contributed by atoms with Crippen LogP contribution in [0.4, 0.5) is 14.5 Å². The molecular formula is C16H9F2N5O. The minimum Gasteiger partial charge on any atom is -0.318 e. The van der Waals surface area contributed by atoms with E-state index in [4.69, 9.17) is 5.26 Å². The summed E-state index contributed by atoms with van der Waals surface area (Å²) in [4.78, 5) is 16.0. The Labute approximate surface area is 135 Å². The fourth-order valence-corrected chi connectivity index (χ4v) is 1.99. The predicted molar refractivity (Wildman–Crippen MR) is 80.4 cm³/mol. The van der Waals surface area contributed by atoms with Gasteiger partial charge in [-0.15, -0.1) is 5.10 Å². The number of benzene rings is 2. The summed E-state index contributed by atoms with van der Waals surface area (Å²) in [5.41, 5.74) is 0.845. The lowest BCUT2D eigenvalue weighted by molar-refractivity contribution is 0.101. The van der Waals surface area contributed by atoms with Crippen molar-refractivity contribution in [2.75, 3.05) is 5.32 Å². The van der Waals surface area contributed by atoms with Crippen molar-refractivity contribution in [2.45, 2.75) is 0 Å². The molecule has 24 heavy (non-hydrogen) atoms. The number of amides is 1. The molecule has 118 valence electrons. The number of para-hydroxylation sites is 1. The Balaban J connectivity index is 1.84. The van der Waals surface area contributed by atoms with E-state index in [0.717, 1.165) is 16.8 Å². The molecule has 0 aliphatic carbocycles. The second kappa shape index (κ2) is 6.26. The Morgan fingerprint density at radius 1 is 1.17 bits per heavy atom. The average Bonchev–Trinajstić information content (AvgIpc) is 3.08. The zero-order valence-electron chi connectivity index (χ0n) is 12.1. The molecule has 0 aliphatic heterocycles. The number of nitrogens with one attached hydrogen (secondary N) is 1. The van der Waals surface area contributed by atoms with E-state index in [1.807, 2.05) is 6.07 Å². The molecule has 1 heterocycles. The molecule has 0 atom stereocenters. The quantitative estimate of drug-likeness (QED) is 0.802. The van der Waals surface area contributed by atoms with E-state index in [1.165, 1.54) is 12.4 Å². The standard InChI is InChI=1S/C16H9F2N5O/c17-12-6-5-11(7-13(12)18)23-9-20-15(22-23)16(24)21-14-4-2-1-3-10(14)8-19/h1-7,9H,(H,21,24). The summed E-state index contributed by atoms with van der Waals surface area (Å²) in [6.07, 6.45) is 1.21.